The predicted molar refractivity (Wildman–Crippen MR) is 92.6 cm³/mol. The van der Waals surface area contributed by atoms with Crippen LogP contribution in [0.3, 0.4) is 0 Å². The highest BCUT2D eigenvalue weighted by Gasteiger charge is 2.27. The van der Waals surface area contributed by atoms with Gasteiger partial charge in [0.05, 0.1) is 24.2 Å². The van der Waals surface area contributed by atoms with Crippen molar-refractivity contribution in [1.82, 2.24) is 4.90 Å². The summed E-state index contributed by atoms with van der Waals surface area (Å²) in [6.07, 6.45) is 1.95. The van der Waals surface area contributed by atoms with Crippen molar-refractivity contribution in [1.29, 1.82) is 0 Å². The molecule has 1 saturated heterocycles. The molecule has 23 heavy (non-hydrogen) atoms. The summed E-state index contributed by atoms with van der Waals surface area (Å²) in [7, 11) is 0. The number of hydrogen-bond acceptors (Lipinski definition) is 5. The molecule has 0 N–H and O–H groups in total. The molecule has 122 valence electrons. The zero-order valence-corrected chi connectivity index (χ0v) is 14.1. The van der Waals surface area contributed by atoms with E-state index >= 15 is 0 Å². The first-order chi connectivity index (χ1) is 11.1. The number of amides is 1. The van der Waals surface area contributed by atoms with Crippen LogP contribution >= 0.6 is 11.8 Å². The lowest BCUT2D eigenvalue weighted by atomic mass is 10.2. The van der Waals surface area contributed by atoms with Crippen LogP contribution in [0.1, 0.15) is 19.4 Å². The third kappa shape index (κ3) is 3.95. The van der Waals surface area contributed by atoms with Crippen LogP contribution in [0.2, 0.25) is 0 Å². The molecule has 0 unspecified atom stereocenters. The number of nitrogens with zero attached hydrogens (tertiary/aromatic N) is 2. The third-order valence-electron chi connectivity index (χ3n) is 3.46. The van der Waals surface area contributed by atoms with Crippen LogP contribution in [0.15, 0.2) is 34.2 Å². The molecule has 2 aliphatic rings. The molecule has 0 aliphatic carbocycles. The van der Waals surface area contributed by atoms with E-state index in [1.807, 2.05) is 44.2 Å². The molecule has 1 amide bonds. The SMILES string of the molecule is CC(C)Oc1ccccc1/C=C1\SC(N2CCOCC2)=NC1=O. The predicted octanol–water partition coefficient (Wildman–Crippen LogP) is 2.78. The number of amidine groups is 1. The van der Waals surface area contributed by atoms with E-state index in [2.05, 4.69) is 9.89 Å². The minimum atomic E-state index is -0.184. The van der Waals surface area contributed by atoms with Gasteiger partial charge in [-0.3, -0.25) is 4.79 Å². The van der Waals surface area contributed by atoms with Gasteiger partial charge in [-0.2, -0.15) is 4.99 Å². The average Bonchev–Trinajstić information content (AvgIpc) is 2.91. The van der Waals surface area contributed by atoms with Gasteiger partial charge in [0.2, 0.25) is 0 Å². The molecule has 0 spiro atoms. The second-order valence-electron chi connectivity index (χ2n) is 5.61. The molecular weight excluding hydrogens is 312 g/mol. The Bertz CT molecular complexity index is 649. The van der Waals surface area contributed by atoms with Gasteiger partial charge in [0.15, 0.2) is 5.17 Å². The van der Waals surface area contributed by atoms with Crippen molar-refractivity contribution in [2.45, 2.75) is 20.0 Å². The summed E-state index contributed by atoms with van der Waals surface area (Å²) in [6.45, 7) is 6.88. The molecule has 2 heterocycles. The van der Waals surface area contributed by atoms with E-state index in [1.54, 1.807) is 0 Å². The van der Waals surface area contributed by atoms with E-state index in [1.165, 1.54) is 11.8 Å². The Kier molecular flexibility index (Phi) is 5.03. The summed E-state index contributed by atoms with van der Waals surface area (Å²) in [5, 5.41) is 0.770. The van der Waals surface area contributed by atoms with Crippen LogP contribution in [-0.4, -0.2) is 48.4 Å². The minimum absolute atomic E-state index is 0.0849. The highest BCUT2D eigenvalue weighted by atomic mass is 32.2. The fraction of sp³-hybridized carbons (Fsp3) is 0.412. The van der Waals surface area contributed by atoms with Crippen molar-refractivity contribution in [3.63, 3.8) is 0 Å². The monoisotopic (exact) mass is 332 g/mol. The number of carbonyl (C=O) groups is 1. The fourth-order valence-electron chi connectivity index (χ4n) is 2.39. The first-order valence-corrected chi connectivity index (χ1v) is 8.56. The van der Waals surface area contributed by atoms with Crippen molar-refractivity contribution in [3.8, 4) is 5.75 Å². The van der Waals surface area contributed by atoms with Crippen LogP contribution in [-0.2, 0) is 9.53 Å². The first kappa shape index (κ1) is 16.1. The maximum atomic E-state index is 12.2. The lowest BCUT2D eigenvalue weighted by Crippen LogP contribution is -2.38. The summed E-state index contributed by atoms with van der Waals surface area (Å²) in [6, 6.07) is 7.73. The van der Waals surface area contributed by atoms with E-state index < -0.39 is 0 Å². The van der Waals surface area contributed by atoms with Gasteiger partial charge < -0.3 is 14.4 Å². The van der Waals surface area contributed by atoms with Crippen molar-refractivity contribution in [2.24, 2.45) is 4.99 Å². The van der Waals surface area contributed by atoms with Gasteiger partial charge in [-0.15, -0.1) is 0 Å². The first-order valence-electron chi connectivity index (χ1n) is 7.74. The molecule has 1 aromatic rings. The number of morpholine rings is 1. The van der Waals surface area contributed by atoms with Gasteiger partial charge >= 0.3 is 0 Å². The number of benzene rings is 1. The molecule has 5 nitrogen and oxygen atoms in total. The summed E-state index contributed by atoms with van der Waals surface area (Å²) in [5.74, 6) is 0.596. The van der Waals surface area contributed by atoms with Crippen molar-refractivity contribution < 1.29 is 14.3 Å². The van der Waals surface area contributed by atoms with Gasteiger partial charge in [-0.05, 0) is 37.8 Å². The number of rotatable bonds is 3. The van der Waals surface area contributed by atoms with Crippen molar-refractivity contribution in [2.75, 3.05) is 26.3 Å². The smallest absolute Gasteiger partial charge is 0.286 e. The Hall–Kier alpha value is -1.79. The second-order valence-corrected chi connectivity index (χ2v) is 6.62. The lowest BCUT2D eigenvalue weighted by Gasteiger charge is -2.27. The van der Waals surface area contributed by atoms with Crippen molar-refractivity contribution >= 4 is 28.9 Å². The second kappa shape index (κ2) is 7.19. The highest BCUT2D eigenvalue weighted by molar-refractivity contribution is 8.18. The number of hydrogen-bond donors (Lipinski definition) is 0. The Morgan fingerprint density at radius 2 is 2.04 bits per heavy atom. The van der Waals surface area contributed by atoms with E-state index in [4.69, 9.17) is 9.47 Å². The molecular formula is C17H20N2O3S. The molecule has 2 aliphatic heterocycles. The summed E-state index contributed by atoms with van der Waals surface area (Å²) in [4.78, 5) is 19.1. The number of aliphatic imine (C=N–C) groups is 1. The molecule has 1 aromatic carbocycles. The third-order valence-corrected chi connectivity index (χ3v) is 4.50. The Balaban J connectivity index is 1.78. The van der Waals surface area contributed by atoms with Gasteiger partial charge in [0.1, 0.15) is 5.75 Å². The topological polar surface area (TPSA) is 51.1 Å². The molecule has 0 bridgehead atoms. The normalized spacial score (nSPS) is 20.3. The van der Waals surface area contributed by atoms with Crippen LogP contribution in [0, 0.1) is 0 Å². The zero-order valence-electron chi connectivity index (χ0n) is 13.3. The number of ether oxygens (including phenoxy) is 2. The molecule has 0 atom stereocenters. The Morgan fingerprint density at radius 1 is 1.30 bits per heavy atom. The van der Waals surface area contributed by atoms with Crippen LogP contribution < -0.4 is 4.74 Å². The summed E-state index contributed by atoms with van der Waals surface area (Å²) in [5.41, 5.74) is 0.899. The minimum Gasteiger partial charge on any atom is -0.490 e. The number of carbonyl (C=O) groups excluding carboxylic acids is 1. The Morgan fingerprint density at radius 3 is 2.78 bits per heavy atom. The molecule has 0 radical (unpaired) electrons. The van der Waals surface area contributed by atoms with E-state index in [0.29, 0.717) is 18.1 Å². The maximum absolute atomic E-state index is 12.2. The molecule has 1 fully saturated rings. The summed E-state index contributed by atoms with van der Waals surface area (Å²) >= 11 is 1.42. The van der Waals surface area contributed by atoms with E-state index in [-0.39, 0.29) is 12.0 Å². The number of para-hydroxylation sites is 1. The van der Waals surface area contributed by atoms with E-state index in [0.717, 1.165) is 29.6 Å². The average molecular weight is 332 g/mol. The largest absolute Gasteiger partial charge is 0.490 e. The molecule has 0 saturated carbocycles. The zero-order chi connectivity index (χ0) is 16.2. The lowest BCUT2D eigenvalue weighted by molar-refractivity contribution is -0.113. The van der Waals surface area contributed by atoms with Gasteiger partial charge in [0, 0.05) is 18.7 Å². The van der Waals surface area contributed by atoms with Gasteiger partial charge in [-0.25, -0.2) is 0 Å². The van der Waals surface area contributed by atoms with Crippen LogP contribution in [0.4, 0.5) is 0 Å². The number of thioether (sulfide) groups is 1. The quantitative estimate of drug-likeness (QED) is 0.797. The van der Waals surface area contributed by atoms with Gasteiger partial charge in [-0.1, -0.05) is 18.2 Å². The molecule has 3 rings (SSSR count). The molecule has 6 heteroatoms. The van der Waals surface area contributed by atoms with Crippen molar-refractivity contribution in [3.05, 3.63) is 34.7 Å². The maximum Gasteiger partial charge on any atom is 0.286 e. The van der Waals surface area contributed by atoms with Crippen LogP contribution in [0.25, 0.3) is 6.08 Å². The highest BCUT2D eigenvalue weighted by Crippen LogP contribution is 2.32. The Labute approximate surface area is 140 Å². The fourth-order valence-corrected chi connectivity index (χ4v) is 3.35. The van der Waals surface area contributed by atoms with Crippen LogP contribution in [0.5, 0.6) is 5.75 Å². The van der Waals surface area contributed by atoms with E-state index in [9.17, 15) is 4.79 Å². The summed E-state index contributed by atoms with van der Waals surface area (Å²) < 4.78 is 11.1. The van der Waals surface area contributed by atoms with Gasteiger partial charge in [0.25, 0.3) is 5.91 Å². The standard InChI is InChI=1S/C17H20N2O3S/c1-12(2)22-14-6-4-3-5-13(14)11-15-16(20)18-17(23-15)19-7-9-21-10-8-19/h3-6,11-12H,7-10H2,1-2H3/b15-11-. The molecule has 0 aromatic heterocycles.